The van der Waals surface area contributed by atoms with Crippen LogP contribution >= 0.6 is 0 Å². The first-order valence-corrected chi connectivity index (χ1v) is 7.20. The van der Waals surface area contributed by atoms with E-state index < -0.39 is 0 Å². The minimum absolute atomic E-state index is 0.120. The second-order valence-electron chi connectivity index (χ2n) is 4.93. The van der Waals surface area contributed by atoms with Crippen molar-refractivity contribution in [1.29, 1.82) is 0 Å². The van der Waals surface area contributed by atoms with Gasteiger partial charge in [-0.2, -0.15) is 0 Å². The smallest absolute Gasteiger partial charge is 0.269 e. The zero-order valence-electron chi connectivity index (χ0n) is 12.3. The molecule has 0 aliphatic carbocycles. The van der Waals surface area contributed by atoms with Gasteiger partial charge in [0.2, 0.25) is 0 Å². The third-order valence-electron chi connectivity index (χ3n) is 3.41. The summed E-state index contributed by atoms with van der Waals surface area (Å²) in [5.74, 6) is -0.120. The summed E-state index contributed by atoms with van der Waals surface area (Å²) in [5, 5.41) is 6.21. The van der Waals surface area contributed by atoms with E-state index in [9.17, 15) is 4.79 Å². The van der Waals surface area contributed by atoms with Crippen LogP contribution in [0.2, 0.25) is 0 Å². The van der Waals surface area contributed by atoms with E-state index in [-0.39, 0.29) is 5.91 Å². The molecule has 1 amide bonds. The van der Waals surface area contributed by atoms with E-state index in [1.54, 1.807) is 18.3 Å². The fourth-order valence-electron chi connectivity index (χ4n) is 2.19. The van der Waals surface area contributed by atoms with Crippen LogP contribution in [-0.2, 0) is 6.42 Å². The first-order valence-electron chi connectivity index (χ1n) is 7.20. The van der Waals surface area contributed by atoms with Gasteiger partial charge in [0.15, 0.2) is 0 Å². The molecule has 2 rings (SSSR count). The Balaban J connectivity index is 1.77. The largest absolute Gasteiger partial charge is 0.351 e. The van der Waals surface area contributed by atoms with E-state index in [0.717, 1.165) is 12.8 Å². The predicted octanol–water partition coefficient (Wildman–Crippen LogP) is 2.03. The average molecular weight is 283 g/mol. The molecule has 1 aromatic carbocycles. The zero-order valence-corrected chi connectivity index (χ0v) is 12.3. The van der Waals surface area contributed by atoms with Crippen molar-refractivity contribution in [3.05, 3.63) is 66.0 Å². The predicted molar refractivity (Wildman–Crippen MR) is 84.2 cm³/mol. The van der Waals surface area contributed by atoms with Gasteiger partial charge >= 0.3 is 0 Å². The summed E-state index contributed by atoms with van der Waals surface area (Å²) in [6, 6.07) is 16.0. The molecule has 0 bridgehead atoms. The lowest BCUT2D eigenvalue weighted by Gasteiger charge is -2.16. The highest BCUT2D eigenvalue weighted by Gasteiger charge is 2.09. The number of pyridine rings is 1. The molecule has 0 saturated carbocycles. The van der Waals surface area contributed by atoms with Gasteiger partial charge in [0.25, 0.3) is 5.91 Å². The lowest BCUT2D eigenvalue weighted by Crippen LogP contribution is -2.34. The molecule has 0 fully saturated rings. The number of carbonyl (C=O) groups excluding carboxylic acids is 1. The Kier molecular flexibility index (Phi) is 5.91. The third kappa shape index (κ3) is 5.00. The minimum Gasteiger partial charge on any atom is -0.351 e. The van der Waals surface area contributed by atoms with Gasteiger partial charge in [-0.15, -0.1) is 0 Å². The fourth-order valence-corrected chi connectivity index (χ4v) is 2.19. The van der Waals surface area contributed by atoms with Gasteiger partial charge in [-0.3, -0.25) is 9.78 Å². The molecule has 1 aromatic heterocycles. The molecule has 0 radical (unpaired) electrons. The van der Waals surface area contributed by atoms with Crippen molar-refractivity contribution in [2.45, 2.75) is 18.9 Å². The topological polar surface area (TPSA) is 54.0 Å². The van der Waals surface area contributed by atoms with E-state index in [4.69, 9.17) is 0 Å². The van der Waals surface area contributed by atoms with Crippen LogP contribution in [0.3, 0.4) is 0 Å². The number of aromatic nitrogens is 1. The maximum absolute atomic E-state index is 11.9. The van der Waals surface area contributed by atoms with E-state index in [2.05, 4.69) is 27.8 Å². The highest BCUT2D eigenvalue weighted by atomic mass is 16.1. The van der Waals surface area contributed by atoms with Gasteiger partial charge < -0.3 is 10.6 Å². The molecule has 4 nitrogen and oxygen atoms in total. The third-order valence-corrected chi connectivity index (χ3v) is 3.41. The summed E-state index contributed by atoms with van der Waals surface area (Å²) in [5.41, 5.74) is 1.76. The lowest BCUT2D eigenvalue weighted by molar-refractivity contribution is 0.0947. The summed E-state index contributed by atoms with van der Waals surface area (Å²) in [7, 11) is 1.95. The van der Waals surface area contributed by atoms with E-state index >= 15 is 0 Å². The normalized spacial score (nSPS) is 11.9. The van der Waals surface area contributed by atoms with Gasteiger partial charge in [0.05, 0.1) is 0 Å². The molecule has 0 aliphatic rings. The first-order chi connectivity index (χ1) is 10.3. The number of carbonyl (C=O) groups is 1. The summed E-state index contributed by atoms with van der Waals surface area (Å²) in [6.45, 7) is 0.633. The molecule has 1 heterocycles. The molecule has 0 saturated heterocycles. The molecule has 4 heteroatoms. The lowest BCUT2D eigenvalue weighted by atomic mass is 10.0. The second kappa shape index (κ2) is 8.17. The molecule has 2 N–H and O–H groups in total. The number of hydrogen-bond donors (Lipinski definition) is 2. The summed E-state index contributed by atoms with van der Waals surface area (Å²) >= 11 is 0. The monoisotopic (exact) mass is 283 g/mol. The van der Waals surface area contributed by atoms with Crippen molar-refractivity contribution < 1.29 is 4.79 Å². The number of benzene rings is 1. The Labute approximate surface area is 125 Å². The Morgan fingerprint density at radius 1 is 1.14 bits per heavy atom. The van der Waals surface area contributed by atoms with Crippen molar-refractivity contribution in [3.8, 4) is 0 Å². The summed E-state index contributed by atoms with van der Waals surface area (Å²) < 4.78 is 0. The second-order valence-corrected chi connectivity index (χ2v) is 4.93. The van der Waals surface area contributed by atoms with Gasteiger partial charge in [-0.1, -0.05) is 36.4 Å². The van der Waals surface area contributed by atoms with Crippen LogP contribution in [0.1, 0.15) is 22.5 Å². The minimum atomic E-state index is -0.120. The number of nitrogens with one attached hydrogen (secondary N) is 2. The van der Waals surface area contributed by atoms with E-state index in [1.165, 1.54) is 5.56 Å². The van der Waals surface area contributed by atoms with E-state index in [1.807, 2.05) is 31.3 Å². The molecule has 0 spiro atoms. The van der Waals surface area contributed by atoms with Crippen molar-refractivity contribution >= 4 is 5.91 Å². The van der Waals surface area contributed by atoms with Crippen LogP contribution in [0.25, 0.3) is 0 Å². The fraction of sp³-hybridized carbons (Fsp3) is 0.294. The average Bonchev–Trinajstić information content (AvgIpc) is 2.55. The highest BCUT2D eigenvalue weighted by Crippen LogP contribution is 2.05. The van der Waals surface area contributed by atoms with Gasteiger partial charge in [-0.25, -0.2) is 0 Å². The van der Waals surface area contributed by atoms with Crippen LogP contribution in [0.5, 0.6) is 0 Å². The highest BCUT2D eigenvalue weighted by molar-refractivity contribution is 5.92. The standard InChI is InChI=1S/C17H21N3O/c1-18-15(13-14-7-3-2-4-8-14)10-12-20-17(21)16-9-5-6-11-19-16/h2-9,11,15,18H,10,12-13H2,1H3,(H,20,21). The van der Waals surface area contributed by atoms with Gasteiger partial charge in [0, 0.05) is 18.8 Å². The zero-order chi connectivity index (χ0) is 14.9. The number of nitrogens with zero attached hydrogens (tertiary/aromatic N) is 1. The number of likely N-dealkylation sites (N-methyl/N-ethyl adjacent to an activating group) is 1. The van der Waals surface area contributed by atoms with Crippen LogP contribution in [0.15, 0.2) is 54.7 Å². The maximum Gasteiger partial charge on any atom is 0.269 e. The molecule has 21 heavy (non-hydrogen) atoms. The molecular formula is C17H21N3O. The number of rotatable bonds is 7. The Bertz CT molecular complexity index is 542. The van der Waals surface area contributed by atoms with Crippen molar-refractivity contribution in [2.75, 3.05) is 13.6 Å². The molecule has 2 aromatic rings. The van der Waals surface area contributed by atoms with E-state index in [0.29, 0.717) is 18.3 Å². The summed E-state index contributed by atoms with van der Waals surface area (Å²) in [6.07, 6.45) is 3.46. The van der Waals surface area contributed by atoms with Crippen LogP contribution < -0.4 is 10.6 Å². The number of amides is 1. The Morgan fingerprint density at radius 3 is 2.57 bits per heavy atom. The maximum atomic E-state index is 11.9. The molecule has 1 unspecified atom stereocenters. The van der Waals surface area contributed by atoms with Crippen LogP contribution in [0, 0.1) is 0 Å². The van der Waals surface area contributed by atoms with Crippen molar-refractivity contribution in [2.24, 2.45) is 0 Å². The Hall–Kier alpha value is -2.20. The molecular weight excluding hydrogens is 262 g/mol. The molecule has 0 aliphatic heterocycles. The SMILES string of the molecule is CNC(CCNC(=O)c1ccccn1)Cc1ccccc1. The molecule has 110 valence electrons. The van der Waals surface area contributed by atoms with Crippen molar-refractivity contribution in [3.63, 3.8) is 0 Å². The van der Waals surface area contributed by atoms with Crippen LogP contribution in [0.4, 0.5) is 0 Å². The van der Waals surface area contributed by atoms with Gasteiger partial charge in [0.1, 0.15) is 5.69 Å². The van der Waals surface area contributed by atoms with Crippen molar-refractivity contribution in [1.82, 2.24) is 15.6 Å². The quantitative estimate of drug-likeness (QED) is 0.817. The Morgan fingerprint density at radius 2 is 1.90 bits per heavy atom. The first kappa shape index (κ1) is 15.2. The summed E-state index contributed by atoms with van der Waals surface area (Å²) in [4.78, 5) is 15.9. The van der Waals surface area contributed by atoms with Crippen LogP contribution in [-0.4, -0.2) is 30.5 Å². The number of hydrogen-bond acceptors (Lipinski definition) is 3. The van der Waals surface area contributed by atoms with Gasteiger partial charge in [-0.05, 0) is 37.6 Å². The molecule has 1 atom stereocenters.